The first-order valence-electron chi connectivity index (χ1n) is 8.75. The van der Waals surface area contributed by atoms with Crippen molar-refractivity contribution in [2.45, 2.75) is 64.0 Å². The van der Waals surface area contributed by atoms with E-state index in [-0.39, 0.29) is 16.7 Å². The van der Waals surface area contributed by atoms with Crippen LogP contribution < -0.4 is 0 Å². The molecular formula is C18H26N2O3. The van der Waals surface area contributed by atoms with Gasteiger partial charge in [0.05, 0.1) is 23.8 Å². The van der Waals surface area contributed by atoms with E-state index in [2.05, 4.69) is 12.1 Å². The summed E-state index contributed by atoms with van der Waals surface area (Å²) in [6.07, 6.45) is 8.14. The molecule has 0 saturated heterocycles. The number of hydrogen-bond acceptors (Lipinski definition) is 4. The Kier molecular flexibility index (Phi) is 3.18. The fourth-order valence-corrected chi connectivity index (χ4v) is 6.25. The lowest BCUT2D eigenvalue weighted by atomic mass is 9.42. The van der Waals surface area contributed by atoms with Crippen molar-refractivity contribution in [3.63, 3.8) is 0 Å². The van der Waals surface area contributed by atoms with Gasteiger partial charge in [-0.2, -0.15) is 0 Å². The number of carbonyl (C=O) groups is 1. The van der Waals surface area contributed by atoms with Crippen molar-refractivity contribution in [1.29, 1.82) is 0 Å². The van der Waals surface area contributed by atoms with E-state index < -0.39 is 5.60 Å². The largest absolute Gasteiger partial charge is 0.390 e. The molecule has 4 saturated carbocycles. The molecule has 5 rings (SSSR count). The molecule has 1 N–H and O–H groups in total. The Bertz CT molecular complexity index is 616. The van der Waals surface area contributed by atoms with Gasteiger partial charge in [0.1, 0.15) is 0 Å². The molecule has 4 aliphatic rings. The van der Waals surface area contributed by atoms with Gasteiger partial charge in [-0.25, -0.2) is 0 Å². The Morgan fingerprint density at radius 2 is 2.22 bits per heavy atom. The topological polar surface area (TPSA) is 66.6 Å². The van der Waals surface area contributed by atoms with Crippen molar-refractivity contribution in [3.8, 4) is 0 Å². The quantitative estimate of drug-likeness (QED) is 0.927. The number of aromatic nitrogens is 1. The average molecular weight is 318 g/mol. The lowest BCUT2D eigenvalue weighted by Gasteiger charge is -2.64. The molecule has 0 radical (unpaired) electrons. The zero-order valence-electron chi connectivity index (χ0n) is 14.0. The van der Waals surface area contributed by atoms with Gasteiger partial charge in [0.2, 0.25) is 5.91 Å². The molecule has 126 valence electrons. The van der Waals surface area contributed by atoms with E-state index in [0.29, 0.717) is 24.6 Å². The Morgan fingerprint density at radius 1 is 1.39 bits per heavy atom. The van der Waals surface area contributed by atoms with Crippen LogP contribution in [0.15, 0.2) is 16.8 Å². The van der Waals surface area contributed by atoms with E-state index in [1.54, 1.807) is 17.2 Å². The molecule has 1 amide bonds. The molecule has 4 fully saturated rings. The van der Waals surface area contributed by atoms with Gasteiger partial charge in [0.15, 0.2) is 5.76 Å². The number of hydrogen-bond donors (Lipinski definition) is 1. The highest BCUT2D eigenvalue weighted by Crippen LogP contribution is 2.67. The fourth-order valence-electron chi connectivity index (χ4n) is 6.25. The Balaban J connectivity index is 1.61. The maximum atomic E-state index is 13.3. The number of rotatable bonds is 4. The van der Waals surface area contributed by atoms with Crippen LogP contribution in [0.5, 0.6) is 0 Å². The second-order valence-corrected chi connectivity index (χ2v) is 8.51. The van der Waals surface area contributed by atoms with Crippen molar-refractivity contribution < 1.29 is 14.4 Å². The zero-order chi connectivity index (χ0) is 16.3. The Morgan fingerprint density at radius 3 is 2.87 bits per heavy atom. The van der Waals surface area contributed by atoms with Gasteiger partial charge in [0.25, 0.3) is 0 Å². The highest BCUT2D eigenvalue weighted by Gasteiger charge is 2.65. The standard InChI is InChI=1S/C18H26N2O3/c1-3-16-6-13-7-17(10-16,12-18(22,8-13)11-16)15(21)20(2)9-14-4-5-19-23-14/h4-5,13,22H,3,6-12H2,1-2H3/t13-,16+,17+,18+/m0/s1. The van der Waals surface area contributed by atoms with Gasteiger partial charge in [0, 0.05) is 13.1 Å². The van der Waals surface area contributed by atoms with Crippen LogP contribution in [0.2, 0.25) is 0 Å². The Labute approximate surface area is 137 Å². The molecule has 4 bridgehead atoms. The van der Waals surface area contributed by atoms with E-state index in [4.69, 9.17) is 4.52 Å². The molecule has 0 aliphatic heterocycles. The van der Waals surface area contributed by atoms with Crippen molar-refractivity contribution in [1.82, 2.24) is 10.1 Å². The number of amides is 1. The van der Waals surface area contributed by atoms with Gasteiger partial charge < -0.3 is 14.5 Å². The summed E-state index contributed by atoms with van der Waals surface area (Å²) in [4.78, 5) is 15.0. The van der Waals surface area contributed by atoms with Crippen LogP contribution in [0.3, 0.4) is 0 Å². The van der Waals surface area contributed by atoms with E-state index in [9.17, 15) is 9.90 Å². The molecule has 0 spiro atoms. The van der Waals surface area contributed by atoms with Crippen LogP contribution in [-0.2, 0) is 11.3 Å². The minimum Gasteiger partial charge on any atom is -0.390 e. The molecule has 1 heterocycles. The van der Waals surface area contributed by atoms with Gasteiger partial charge in [-0.05, 0) is 49.9 Å². The van der Waals surface area contributed by atoms with Crippen LogP contribution in [-0.4, -0.2) is 33.7 Å². The molecule has 0 unspecified atom stereocenters. The maximum Gasteiger partial charge on any atom is 0.229 e. The monoisotopic (exact) mass is 318 g/mol. The number of aliphatic hydroxyl groups is 1. The van der Waals surface area contributed by atoms with Crippen LogP contribution in [0.1, 0.15) is 57.6 Å². The van der Waals surface area contributed by atoms with Crippen molar-refractivity contribution in [3.05, 3.63) is 18.0 Å². The summed E-state index contributed by atoms with van der Waals surface area (Å²) in [5, 5.41) is 14.8. The first kappa shape index (κ1) is 15.2. The number of nitrogens with zero attached hydrogens (tertiary/aromatic N) is 2. The predicted molar refractivity (Wildman–Crippen MR) is 84.3 cm³/mol. The van der Waals surface area contributed by atoms with E-state index in [1.165, 1.54) is 6.42 Å². The Hall–Kier alpha value is -1.36. The summed E-state index contributed by atoms with van der Waals surface area (Å²) < 4.78 is 5.14. The summed E-state index contributed by atoms with van der Waals surface area (Å²) in [6, 6.07) is 1.80. The molecule has 23 heavy (non-hydrogen) atoms. The summed E-state index contributed by atoms with van der Waals surface area (Å²) in [5.41, 5.74) is -0.839. The molecule has 4 atom stereocenters. The molecule has 1 aromatic rings. The molecule has 0 aromatic carbocycles. The molecule has 4 aliphatic carbocycles. The van der Waals surface area contributed by atoms with Crippen LogP contribution in [0.4, 0.5) is 0 Å². The molecule has 1 aromatic heterocycles. The normalized spacial score (nSPS) is 41.3. The lowest BCUT2D eigenvalue weighted by molar-refractivity contribution is -0.209. The maximum absolute atomic E-state index is 13.3. The lowest BCUT2D eigenvalue weighted by Crippen LogP contribution is -2.63. The van der Waals surface area contributed by atoms with E-state index in [1.807, 2.05) is 7.05 Å². The third kappa shape index (κ3) is 2.32. The SMILES string of the molecule is CC[C@]12C[C@@H]3C[C@@](O)(C1)C[C@@](C(=O)N(C)Cc1ccno1)(C3)C2. The third-order valence-corrected chi connectivity index (χ3v) is 6.59. The van der Waals surface area contributed by atoms with Crippen LogP contribution in [0, 0.1) is 16.7 Å². The van der Waals surface area contributed by atoms with Gasteiger partial charge >= 0.3 is 0 Å². The van der Waals surface area contributed by atoms with Gasteiger partial charge in [-0.1, -0.05) is 18.5 Å². The molecular weight excluding hydrogens is 292 g/mol. The number of carbonyl (C=O) groups excluding carboxylic acids is 1. The molecule has 5 heteroatoms. The first-order valence-corrected chi connectivity index (χ1v) is 8.75. The van der Waals surface area contributed by atoms with Gasteiger partial charge in [-0.15, -0.1) is 0 Å². The minimum atomic E-state index is -0.627. The average Bonchev–Trinajstić information content (AvgIpc) is 2.96. The van der Waals surface area contributed by atoms with Crippen molar-refractivity contribution >= 4 is 5.91 Å². The predicted octanol–water partition coefficient (Wildman–Crippen LogP) is 2.74. The van der Waals surface area contributed by atoms with Crippen molar-refractivity contribution in [2.24, 2.45) is 16.7 Å². The first-order chi connectivity index (χ1) is 10.9. The van der Waals surface area contributed by atoms with Crippen LogP contribution in [0.25, 0.3) is 0 Å². The highest BCUT2D eigenvalue weighted by atomic mass is 16.5. The molecule has 5 nitrogen and oxygen atoms in total. The summed E-state index contributed by atoms with van der Waals surface area (Å²) in [5.74, 6) is 1.38. The summed E-state index contributed by atoms with van der Waals surface area (Å²) in [7, 11) is 1.84. The second-order valence-electron chi connectivity index (χ2n) is 8.51. The van der Waals surface area contributed by atoms with Crippen LogP contribution >= 0.6 is 0 Å². The fraction of sp³-hybridized carbons (Fsp3) is 0.778. The van der Waals surface area contributed by atoms with Gasteiger partial charge in [-0.3, -0.25) is 4.79 Å². The summed E-state index contributed by atoms with van der Waals surface area (Å²) >= 11 is 0. The van der Waals surface area contributed by atoms with Crippen molar-refractivity contribution in [2.75, 3.05) is 7.05 Å². The zero-order valence-corrected chi connectivity index (χ0v) is 14.0. The summed E-state index contributed by atoms with van der Waals surface area (Å²) in [6.45, 7) is 2.66. The minimum absolute atomic E-state index is 0.164. The van der Waals surface area contributed by atoms with E-state index >= 15 is 0 Å². The third-order valence-electron chi connectivity index (χ3n) is 6.59. The smallest absolute Gasteiger partial charge is 0.229 e. The van der Waals surface area contributed by atoms with E-state index in [0.717, 1.165) is 32.1 Å². The highest BCUT2D eigenvalue weighted by molar-refractivity contribution is 5.83. The second kappa shape index (κ2) is 4.82.